The van der Waals surface area contributed by atoms with Gasteiger partial charge >= 0.3 is 0 Å². The van der Waals surface area contributed by atoms with Crippen molar-refractivity contribution >= 4 is 35.0 Å². The Bertz CT molecular complexity index is 428. The number of aliphatic hydroxyl groups is 1. The van der Waals surface area contributed by atoms with E-state index < -0.39 is 6.10 Å². The van der Waals surface area contributed by atoms with Crippen molar-refractivity contribution in [1.82, 2.24) is 5.32 Å². The van der Waals surface area contributed by atoms with Gasteiger partial charge < -0.3 is 15.2 Å². The van der Waals surface area contributed by atoms with Crippen LogP contribution in [0.4, 0.5) is 0 Å². The lowest BCUT2D eigenvalue weighted by atomic mass is 10.1. The molecule has 1 aromatic rings. The highest BCUT2D eigenvalue weighted by Gasteiger charge is 2.15. The Labute approximate surface area is 134 Å². The van der Waals surface area contributed by atoms with Crippen molar-refractivity contribution in [2.45, 2.75) is 12.5 Å². The molecule has 2 N–H and O–H groups in total. The second-order valence-corrected chi connectivity index (χ2v) is 6.92. The summed E-state index contributed by atoms with van der Waals surface area (Å²) in [5, 5.41) is 14.2. The van der Waals surface area contributed by atoms with Crippen LogP contribution in [0.25, 0.3) is 0 Å². The Morgan fingerprint density at radius 2 is 2.30 bits per heavy atom. The number of aliphatic hydroxyl groups excluding tert-OH is 1. The summed E-state index contributed by atoms with van der Waals surface area (Å²) in [4.78, 5) is 0. The van der Waals surface area contributed by atoms with Crippen LogP contribution in [0.15, 0.2) is 18.2 Å². The second kappa shape index (κ2) is 8.35. The fraction of sp³-hybridized carbons (Fsp3) is 0.571. The highest BCUT2D eigenvalue weighted by atomic mass is 35.5. The van der Waals surface area contributed by atoms with Gasteiger partial charge in [-0.2, -0.15) is 11.8 Å². The van der Waals surface area contributed by atoms with Gasteiger partial charge in [0.15, 0.2) is 0 Å². The molecular formula is C14H19Cl2NO2S. The van der Waals surface area contributed by atoms with Crippen LogP contribution in [0.3, 0.4) is 0 Å². The van der Waals surface area contributed by atoms with Crippen LogP contribution in [0.2, 0.25) is 10.0 Å². The topological polar surface area (TPSA) is 41.5 Å². The maximum absolute atomic E-state index is 9.88. The van der Waals surface area contributed by atoms with Crippen LogP contribution in [0.1, 0.15) is 6.42 Å². The molecule has 0 spiro atoms. The average Bonchev–Trinajstić information content (AvgIpc) is 2.93. The van der Waals surface area contributed by atoms with E-state index in [9.17, 15) is 5.11 Å². The molecule has 2 unspecified atom stereocenters. The van der Waals surface area contributed by atoms with Crippen molar-refractivity contribution < 1.29 is 9.84 Å². The first-order valence-corrected chi connectivity index (χ1v) is 8.60. The molecule has 112 valence electrons. The number of halogens is 2. The highest BCUT2D eigenvalue weighted by Crippen LogP contribution is 2.27. The number of thioether (sulfide) groups is 1. The predicted molar refractivity (Wildman–Crippen MR) is 86.3 cm³/mol. The number of ether oxygens (including phenoxy) is 1. The van der Waals surface area contributed by atoms with E-state index in [1.54, 1.807) is 18.2 Å². The van der Waals surface area contributed by atoms with Crippen molar-refractivity contribution in [3.63, 3.8) is 0 Å². The Morgan fingerprint density at radius 3 is 3.05 bits per heavy atom. The summed E-state index contributed by atoms with van der Waals surface area (Å²) in [6, 6.07) is 5.04. The molecule has 0 saturated carbocycles. The number of benzene rings is 1. The first kappa shape index (κ1) is 16.2. The van der Waals surface area contributed by atoms with Crippen molar-refractivity contribution in [2.24, 2.45) is 5.92 Å². The normalized spacial score (nSPS) is 20.1. The predicted octanol–water partition coefficient (Wildman–Crippen LogP) is 3.08. The van der Waals surface area contributed by atoms with Gasteiger partial charge in [0.2, 0.25) is 0 Å². The van der Waals surface area contributed by atoms with Gasteiger partial charge in [0.05, 0.1) is 5.02 Å². The zero-order chi connectivity index (χ0) is 14.4. The van der Waals surface area contributed by atoms with Gasteiger partial charge in [-0.05, 0) is 42.5 Å². The lowest BCUT2D eigenvalue weighted by Gasteiger charge is -2.15. The van der Waals surface area contributed by atoms with Gasteiger partial charge in [0, 0.05) is 17.6 Å². The molecule has 1 fully saturated rings. The smallest absolute Gasteiger partial charge is 0.139 e. The summed E-state index contributed by atoms with van der Waals surface area (Å²) in [7, 11) is 0. The van der Waals surface area contributed by atoms with E-state index in [1.807, 2.05) is 11.8 Å². The number of hydrogen-bond acceptors (Lipinski definition) is 4. The van der Waals surface area contributed by atoms with E-state index in [4.69, 9.17) is 27.9 Å². The van der Waals surface area contributed by atoms with E-state index in [-0.39, 0.29) is 6.61 Å². The highest BCUT2D eigenvalue weighted by molar-refractivity contribution is 7.99. The van der Waals surface area contributed by atoms with E-state index in [2.05, 4.69) is 5.32 Å². The summed E-state index contributed by atoms with van der Waals surface area (Å²) in [5.74, 6) is 3.71. The Kier molecular flexibility index (Phi) is 6.78. The molecule has 1 aliphatic rings. The summed E-state index contributed by atoms with van der Waals surface area (Å²) >= 11 is 13.9. The minimum absolute atomic E-state index is 0.201. The number of rotatable bonds is 7. The van der Waals surface area contributed by atoms with E-state index >= 15 is 0 Å². The third-order valence-electron chi connectivity index (χ3n) is 3.16. The number of nitrogens with one attached hydrogen (secondary N) is 1. The van der Waals surface area contributed by atoms with Gasteiger partial charge in [0.1, 0.15) is 18.5 Å². The summed E-state index contributed by atoms with van der Waals surface area (Å²) in [6.45, 7) is 1.69. The van der Waals surface area contributed by atoms with Gasteiger partial charge in [-0.3, -0.25) is 0 Å². The zero-order valence-electron chi connectivity index (χ0n) is 11.1. The maximum atomic E-state index is 9.88. The Hall–Kier alpha value is -0.130. The summed E-state index contributed by atoms with van der Waals surface area (Å²) in [6.07, 6.45) is 0.710. The standard InChI is InChI=1S/C14H19Cl2NO2S/c15-11-1-2-13(16)14(5-11)19-8-12(18)7-17-6-10-3-4-20-9-10/h1-2,5,10,12,17-18H,3-4,6-9H2. The molecule has 0 radical (unpaired) electrons. The minimum atomic E-state index is -0.556. The van der Waals surface area contributed by atoms with Crippen LogP contribution in [-0.4, -0.2) is 42.4 Å². The second-order valence-electron chi connectivity index (χ2n) is 4.93. The van der Waals surface area contributed by atoms with Crippen LogP contribution < -0.4 is 10.1 Å². The molecule has 6 heteroatoms. The summed E-state index contributed by atoms with van der Waals surface area (Å²) < 4.78 is 5.49. The van der Waals surface area contributed by atoms with E-state index in [0.29, 0.717) is 22.3 Å². The fourth-order valence-corrected chi connectivity index (χ4v) is 3.65. The third-order valence-corrected chi connectivity index (χ3v) is 4.94. The molecule has 1 aliphatic heterocycles. The molecule has 1 heterocycles. The molecular weight excluding hydrogens is 317 g/mol. The molecule has 0 aromatic heterocycles. The zero-order valence-corrected chi connectivity index (χ0v) is 13.5. The molecule has 2 atom stereocenters. The molecule has 20 heavy (non-hydrogen) atoms. The molecule has 0 bridgehead atoms. The van der Waals surface area contributed by atoms with Crippen LogP contribution >= 0.6 is 35.0 Å². The lowest BCUT2D eigenvalue weighted by molar-refractivity contribution is 0.106. The Balaban J connectivity index is 1.66. The molecule has 1 aromatic carbocycles. The van der Waals surface area contributed by atoms with Gasteiger partial charge in [0.25, 0.3) is 0 Å². The quantitative estimate of drug-likeness (QED) is 0.803. The van der Waals surface area contributed by atoms with Gasteiger partial charge in [-0.1, -0.05) is 23.2 Å². The van der Waals surface area contributed by atoms with Crippen molar-refractivity contribution in [3.8, 4) is 5.75 Å². The SMILES string of the molecule is OC(CNCC1CCSC1)COc1cc(Cl)ccc1Cl. The van der Waals surface area contributed by atoms with Gasteiger partial charge in [-0.15, -0.1) is 0 Å². The molecule has 0 amide bonds. The van der Waals surface area contributed by atoms with Crippen LogP contribution in [0.5, 0.6) is 5.75 Å². The van der Waals surface area contributed by atoms with Crippen molar-refractivity contribution in [3.05, 3.63) is 28.2 Å². The monoisotopic (exact) mass is 335 g/mol. The first-order chi connectivity index (χ1) is 9.65. The fourth-order valence-electron chi connectivity index (χ4n) is 2.03. The molecule has 0 aliphatic carbocycles. The van der Waals surface area contributed by atoms with E-state index in [0.717, 1.165) is 12.5 Å². The maximum Gasteiger partial charge on any atom is 0.139 e. The van der Waals surface area contributed by atoms with E-state index in [1.165, 1.54) is 17.9 Å². The first-order valence-electron chi connectivity index (χ1n) is 6.69. The molecule has 3 nitrogen and oxygen atoms in total. The third kappa shape index (κ3) is 5.34. The summed E-state index contributed by atoms with van der Waals surface area (Å²) in [5.41, 5.74) is 0. The molecule has 2 rings (SSSR count). The average molecular weight is 336 g/mol. The largest absolute Gasteiger partial charge is 0.489 e. The van der Waals surface area contributed by atoms with Crippen LogP contribution in [0, 0.1) is 5.92 Å². The van der Waals surface area contributed by atoms with Gasteiger partial charge in [-0.25, -0.2) is 0 Å². The molecule has 1 saturated heterocycles. The van der Waals surface area contributed by atoms with Crippen molar-refractivity contribution in [1.29, 1.82) is 0 Å². The van der Waals surface area contributed by atoms with Crippen LogP contribution in [-0.2, 0) is 0 Å². The minimum Gasteiger partial charge on any atom is -0.489 e. The number of hydrogen-bond donors (Lipinski definition) is 2. The Morgan fingerprint density at radius 1 is 1.45 bits per heavy atom. The van der Waals surface area contributed by atoms with Crippen molar-refractivity contribution in [2.75, 3.05) is 31.2 Å². The lowest BCUT2D eigenvalue weighted by Crippen LogP contribution is -2.34.